The molecule has 2 aromatic rings. The number of phenolic OH excluding ortho intramolecular Hbond substituents is 1. The number of anilines is 1. The second-order valence-corrected chi connectivity index (χ2v) is 6.67. The molecule has 26 heavy (non-hydrogen) atoms. The predicted octanol–water partition coefficient (Wildman–Crippen LogP) is 2.99. The van der Waals surface area contributed by atoms with Crippen LogP contribution in [0.4, 0.5) is 5.69 Å². The minimum atomic E-state index is -0.583. The summed E-state index contributed by atoms with van der Waals surface area (Å²) < 4.78 is 5.90. The molecule has 2 aromatic carbocycles. The van der Waals surface area contributed by atoms with E-state index in [9.17, 15) is 14.7 Å². The van der Waals surface area contributed by atoms with E-state index in [0.29, 0.717) is 11.3 Å². The van der Waals surface area contributed by atoms with Crippen LogP contribution in [0.25, 0.3) is 6.08 Å². The molecular weight excluding hydrogens is 420 g/mol. The maximum atomic E-state index is 12.9. The standard InChI is InChI=1S/C18H13BrN2O4S/c1-25-15-9-10(2-7-14(15)22)8-13-16(23)20-18(26)21(17(13)24)12-5-3-11(19)4-6-12/h2-9,22H,1H3,(H,20,23,26). The number of benzene rings is 2. The zero-order valence-corrected chi connectivity index (χ0v) is 15.9. The molecular formula is C18H13BrN2O4S. The molecule has 0 saturated carbocycles. The van der Waals surface area contributed by atoms with Gasteiger partial charge in [-0.25, -0.2) is 0 Å². The quantitative estimate of drug-likeness (QED) is 0.442. The van der Waals surface area contributed by atoms with Gasteiger partial charge < -0.3 is 9.84 Å². The molecule has 1 saturated heterocycles. The fourth-order valence-electron chi connectivity index (χ4n) is 2.43. The molecule has 0 spiro atoms. The predicted molar refractivity (Wildman–Crippen MR) is 105 cm³/mol. The molecule has 1 heterocycles. The summed E-state index contributed by atoms with van der Waals surface area (Å²) in [6, 6.07) is 11.5. The van der Waals surface area contributed by atoms with E-state index in [0.717, 1.165) is 4.47 Å². The molecule has 6 nitrogen and oxygen atoms in total. The van der Waals surface area contributed by atoms with Gasteiger partial charge in [-0.05, 0) is 60.3 Å². The van der Waals surface area contributed by atoms with Crippen LogP contribution in [-0.2, 0) is 9.59 Å². The first-order valence-corrected chi connectivity index (χ1v) is 8.65. The largest absolute Gasteiger partial charge is 0.504 e. The number of nitrogens with one attached hydrogen (secondary N) is 1. The van der Waals surface area contributed by atoms with Gasteiger partial charge in [0.15, 0.2) is 16.6 Å². The molecule has 0 aromatic heterocycles. The Morgan fingerprint density at radius 1 is 1.19 bits per heavy atom. The second-order valence-electron chi connectivity index (χ2n) is 5.37. The first-order valence-electron chi connectivity index (χ1n) is 7.44. The zero-order chi connectivity index (χ0) is 18.8. The summed E-state index contributed by atoms with van der Waals surface area (Å²) in [7, 11) is 1.41. The van der Waals surface area contributed by atoms with Crippen molar-refractivity contribution >= 4 is 56.8 Å². The highest BCUT2D eigenvalue weighted by molar-refractivity contribution is 9.10. The highest BCUT2D eigenvalue weighted by Gasteiger charge is 2.34. The van der Waals surface area contributed by atoms with Crippen molar-refractivity contribution < 1.29 is 19.4 Å². The number of thiocarbonyl (C=S) groups is 1. The lowest BCUT2D eigenvalue weighted by molar-refractivity contribution is -0.122. The smallest absolute Gasteiger partial charge is 0.270 e. The number of carbonyl (C=O) groups is 2. The van der Waals surface area contributed by atoms with Crippen LogP contribution in [0.5, 0.6) is 11.5 Å². The first kappa shape index (κ1) is 18.1. The number of phenols is 1. The van der Waals surface area contributed by atoms with Crippen molar-refractivity contribution in [1.29, 1.82) is 0 Å². The van der Waals surface area contributed by atoms with Crippen molar-refractivity contribution in [2.75, 3.05) is 12.0 Å². The fourth-order valence-corrected chi connectivity index (χ4v) is 2.98. The van der Waals surface area contributed by atoms with Crippen molar-refractivity contribution in [3.8, 4) is 11.5 Å². The van der Waals surface area contributed by atoms with E-state index >= 15 is 0 Å². The molecule has 132 valence electrons. The number of ether oxygens (including phenoxy) is 1. The number of hydrogen-bond donors (Lipinski definition) is 2. The summed E-state index contributed by atoms with van der Waals surface area (Å²) >= 11 is 8.49. The summed E-state index contributed by atoms with van der Waals surface area (Å²) in [5.41, 5.74) is 0.994. The van der Waals surface area contributed by atoms with Gasteiger partial charge in [0.25, 0.3) is 11.8 Å². The van der Waals surface area contributed by atoms with Gasteiger partial charge in [0.05, 0.1) is 12.8 Å². The molecule has 0 atom stereocenters. The van der Waals surface area contributed by atoms with Gasteiger partial charge in [-0.1, -0.05) is 22.0 Å². The van der Waals surface area contributed by atoms with Crippen molar-refractivity contribution in [3.05, 3.63) is 58.1 Å². The number of halogens is 1. The zero-order valence-electron chi connectivity index (χ0n) is 13.5. The molecule has 0 radical (unpaired) electrons. The van der Waals surface area contributed by atoms with Crippen LogP contribution >= 0.6 is 28.1 Å². The van der Waals surface area contributed by atoms with Gasteiger partial charge in [0, 0.05) is 4.47 Å². The summed E-state index contributed by atoms with van der Waals surface area (Å²) in [4.78, 5) is 26.4. The van der Waals surface area contributed by atoms with Crippen LogP contribution < -0.4 is 15.0 Å². The summed E-state index contributed by atoms with van der Waals surface area (Å²) in [5, 5.41) is 12.2. The molecule has 0 aliphatic carbocycles. The van der Waals surface area contributed by atoms with E-state index < -0.39 is 11.8 Å². The normalized spacial score (nSPS) is 16.0. The maximum absolute atomic E-state index is 12.9. The molecule has 0 bridgehead atoms. The Hall–Kier alpha value is -2.71. The molecule has 1 aliphatic rings. The SMILES string of the molecule is COc1cc(C=C2C(=O)NC(=S)N(c3ccc(Br)cc3)C2=O)ccc1O. The number of rotatable bonds is 3. The molecule has 1 aliphatic heterocycles. The lowest BCUT2D eigenvalue weighted by Gasteiger charge is -2.29. The number of carbonyl (C=O) groups excluding carboxylic acids is 2. The van der Waals surface area contributed by atoms with Crippen LogP contribution in [0.2, 0.25) is 0 Å². The Labute approximate surface area is 163 Å². The van der Waals surface area contributed by atoms with Crippen LogP contribution in [0.1, 0.15) is 5.56 Å². The molecule has 2 N–H and O–H groups in total. The maximum Gasteiger partial charge on any atom is 0.270 e. The van der Waals surface area contributed by atoms with Crippen molar-refractivity contribution in [1.82, 2.24) is 5.32 Å². The third-order valence-electron chi connectivity index (χ3n) is 3.70. The Morgan fingerprint density at radius 3 is 2.54 bits per heavy atom. The second kappa shape index (κ2) is 7.27. The topological polar surface area (TPSA) is 78.9 Å². The number of aromatic hydroxyl groups is 1. The third kappa shape index (κ3) is 3.47. The number of hydrogen-bond acceptors (Lipinski definition) is 5. The van der Waals surface area contributed by atoms with E-state index in [2.05, 4.69) is 21.2 Å². The van der Waals surface area contributed by atoms with Gasteiger partial charge in [-0.3, -0.25) is 19.8 Å². The lowest BCUT2D eigenvalue weighted by atomic mass is 10.1. The molecule has 0 unspecified atom stereocenters. The summed E-state index contributed by atoms with van der Waals surface area (Å²) in [6.45, 7) is 0. The Bertz CT molecular complexity index is 941. The van der Waals surface area contributed by atoms with Gasteiger partial charge in [-0.15, -0.1) is 0 Å². The number of methoxy groups -OCH3 is 1. The monoisotopic (exact) mass is 432 g/mol. The van der Waals surface area contributed by atoms with Crippen LogP contribution in [-0.4, -0.2) is 29.1 Å². The van der Waals surface area contributed by atoms with Crippen molar-refractivity contribution in [2.45, 2.75) is 0 Å². The average molecular weight is 433 g/mol. The van der Waals surface area contributed by atoms with Crippen LogP contribution in [0, 0.1) is 0 Å². The Balaban J connectivity index is 2.01. The highest BCUT2D eigenvalue weighted by Crippen LogP contribution is 2.28. The number of nitrogens with zero attached hydrogens (tertiary/aromatic N) is 1. The molecule has 8 heteroatoms. The van der Waals surface area contributed by atoms with Crippen molar-refractivity contribution in [3.63, 3.8) is 0 Å². The summed E-state index contributed by atoms with van der Waals surface area (Å²) in [5.74, 6) is -0.913. The highest BCUT2D eigenvalue weighted by atomic mass is 79.9. The average Bonchev–Trinajstić information content (AvgIpc) is 2.61. The lowest BCUT2D eigenvalue weighted by Crippen LogP contribution is -2.54. The molecule has 1 fully saturated rings. The first-order chi connectivity index (χ1) is 12.4. The van der Waals surface area contributed by atoms with E-state index in [1.54, 1.807) is 30.3 Å². The minimum Gasteiger partial charge on any atom is -0.504 e. The van der Waals surface area contributed by atoms with Gasteiger partial charge >= 0.3 is 0 Å². The van der Waals surface area contributed by atoms with E-state index in [-0.39, 0.29) is 22.2 Å². The molecule has 2 amide bonds. The number of amides is 2. The van der Waals surface area contributed by atoms with Gasteiger partial charge in [0.2, 0.25) is 0 Å². The van der Waals surface area contributed by atoms with Crippen molar-refractivity contribution in [2.24, 2.45) is 0 Å². The summed E-state index contributed by atoms with van der Waals surface area (Å²) in [6.07, 6.45) is 1.42. The Kier molecular flexibility index (Phi) is 5.06. The van der Waals surface area contributed by atoms with E-state index in [4.69, 9.17) is 17.0 Å². The van der Waals surface area contributed by atoms with Gasteiger partial charge in [0.1, 0.15) is 5.57 Å². The fraction of sp³-hybridized carbons (Fsp3) is 0.0556. The minimum absolute atomic E-state index is 0.0164. The van der Waals surface area contributed by atoms with Gasteiger partial charge in [-0.2, -0.15) is 0 Å². The third-order valence-corrected chi connectivity index (χ3v) is 4.51. The van der Waals surface area contributed by atoms with Crippen LogP contribution in [0.3, 0.4) is 0 Å². The molecule has 3 rings (SSSR count). The van der Waals surface area contributed by atoms with Crippen LogP contribution in [0.15, 0.2) is 52.5 Å². The van der Waals surface area contributed by atoms with E-state index in [1.165, 1.54) is 30.2 Å². The Morgan fingerprint density at radius 2 is 1.88 bits per heavy atom. The van der Waals surface area contributed by atoms with E-state index in [1.807, 2.05) is 0 Å².